The van der Waals surface area contributed by atoms with Crippen molar-refractivity contribution in [1.82, 2.24) is 22.9 Å². The summed E-state index contributed by atoms with van der Waals surface area (Å²) in [7, 11) is 0. The molecule has 0 aliphatic rings. The molecular weight excluding hydrogens is 431 g/mol. The van der Waals surface area contributed by atoms with Crippen molar-refractivity contribution >= 4 is 33.8 Å². The van der Waals surface area contributed by atoms with Gasteiger partial charge in [0.1, 0.15) is 16.7 Å². The maximum atomic E-state index is 14.4. The fourth-order valence-corrected chi connectivity index (χ4v) is 4.39. The first kappa shape index (κ1) is 19.8. The Morgan fingerprint density at radius 1 is 1.16 bits per heavy atom. The third-order valence-electron chi connectivity index (χ3n) is 5.43. The van der Waals surface area contributed by atoms with Gasteiger partial charge in [-0.25, -0.2) is 9.18 Å². The Hall–Kier alpha value is -4.10. The molecule has 0 radical (unpaired) electrons. The number of aromatic amines is 1. The van der Waals surface area contributed by atoms with Crippen LogP contribution in [-0.2, 0) is 13.1 Å². The molecule has 2 aromatic carbocycles. The van der Waals surface area contributed by atoms with E-state index < -0.39 is 17.1 Å². The van der Waals surface area contributed by atoms with E-state index in [9.17, 15) is 19.2 Å². The molecule has 0 atom stereocenters. The number of aromatic nitrogens is 5. The van der Waals surface area contributed by atoms with Crippen LogP contribution in [0.2, 0.25) is 0 Å². The van der Waals surface area contributed by atoms with Gasteiger partial charge >= 0.3 is 5.69 Å². The maximum absolute atomic E-state index is 14.4. The minimum Gasteiger partial charge on any atom is -0.347 e. The van der Waals surface area contributed by atoms with Crippen molar-refractivity contribution in [3.63, 3.8) is 0 Å². The van der Waals surface area contributed by atoms with E-state index in [0.29, 0.717) is 38.8 Å². The quantitative estimate of drug-likeness (QED) is 0.457. The van der Waals surface area contributed by atoms with Crippen molar-refractivity contribution in [2.24, 2.45) is 0 Å². The monoisotopic (exact) mass is 446 g/mol. The zero-order valence-corrected chi connectivity index (χ0v) is 17.6. The van der Waals surface area contributed by atoms with Crippen molar-refractivity contribution in [3.8, 4) is 6.07 Å². The van der Waals surface area contributed by atoms with Crippen LogP contribution in [0.5, 0.6) is 0 Å². The SMILES string of the molecule is Cc1c[nH]c2c1c(=O)n(Cc1cc(F)c3nsnc3c1)c(=O)n2Cc1ccccc1C#N. The molecule has 0 spiro atoms. The maximum Gasteiger partial charge on any atom is 0.333 e. The zero-order valence-electron chi connectivity index (χ0n) is 16.8. The Kier molecular flexibility index (Phi) is 4.68. The largest absolute Gasteiger partial charge is 0.347 e. The molecule has 0 fully saturated rings. The van der Waals surface area contributed by atoms with Gasteiger partial charge in [-0.3, -0.25) is 13.9 Å². The van der Waals surface area contributed by atoms with Gasteiger partial charge in [0.2, 0.25) is 0 Å². The first-order valence-electron chi connectivity index (χ1n) is 9.68. The van der Waals surface area contributed by atoms with Gasteiger partial charge in [0.15, 0.2) is 5.82 Å². The van der Waals surface area contributed by atoms with Crippen molar-refractivity contribution in [3.05, 3.63) is 91.5 Å². The van der Waals surface area contributed by atoms with Crippen LogP contribution in [0, 0.1) is 24.1 Å². The lowest BCUT2D eigenvalue weighted by Crippen LogP contribution is -2.40. The van der Waals surface area contributed by atoms with Crippen LogP contribution in [-0.4, -0.2) is 22.9 Å². The van der Waals surface area contributed by atoms with Crippen LogP contribution in [0.25, 0.3) is 22.1 Å². The molecule has 10 heteroatoms. The molecule has 5 aromatic rings. The molecule has 3 heterocycles. The van der Waals surface area contributed by atoms with Gasteiger partial charge in [-0.1, -0.05) is 18.2 Å². The average molecular weight is 446 g/mol. The zero-order chi connectivity index (χ0) is 22.4. The van der Waals surface area contributed by atoms with Gasteiger partial charge in [0.05, 0.1) is 41.8 Å². The van der Waals surface area contributed by atoms with E-state index in [2.05, 4.69) is 19.8 Å². The molecule has 0 bridgehead atoms. The van der Waals surface area contributed by atoms with Crippen molar-refractivity contribution in [2.45, 2.75) is 20.0 Å². The molecule has 1 N–H and O–H groups in total. The Labute approximate surface area is 184 Å². The normalized spacial score (nSPS) is 11.3. The standard InChI is InChI=1S/C22H15FN6O2S/c1-12-9-25-20-18(12)21(30)29(10-13-6-16(23)19-17(7-13)26-32-27-19)22(31)28(20)11-15-5-3-2-4-14(15)8-24/h2-7,9,25H,10-11H2,1H3. The molecule has 0 saturated carbocycles. The molecule has 0 unspecified atom stereocenters. The molecule has 0 amide bonds. The van der Waals surface area contributed by atoms with Gasteiger partial charge in [-0.15, -0.1) is 0 Å². The van der Waals surface area contributed by atoms with E-state index in [-0.39, 0.29) is 18.6 Å². The molecule has 158 valence electrons. The van der Waals surface area contributed by atoms with E-state index in [0.717, 1.165) is 16.3 Å². The molecule has 5 rings (SSSR count). The minimum atomic E-state index is -0.561. The van der Waals surface area contributed by atoms with Crippen LogP contribution in [0.4, 0.5) is 4.39 Å². The van der Waals surface area contributed by atoms with Gasteiger partial charge in [0, 0.05) is 6.20 Å². The summed E-state index contributed by atoms with van der Waals surface area (Å²) in [6, 6.07) is 12.0. The number of rotatable bonds is 4. The van der Waals surface area contributed by atoms with Crippen LogP contribution < -0.4 is 11.2 Å². The predicted octanol–water partition coefficient (Wildman–Crippen LogP) is 2.91. The topological polar surface area (TPSA) is 109 Å². The lowest BCUT2D eigenvalue weighted by Gasteiger charge is -2.13. The number of nitrogens with zero attached hydrogens (tertiary/aromatic N) is 5. The molecular formula is C22H15FN6O2S. The number of halogens is 1. The van der Waals surface area contributed by atoms with Gasteiger partial charge < -0.3 is 4.98 Å². The summed E-state index contributed by atoms with van der Waals surface area (Å²) in [5.74, 6) is -0.554. The lowest BCUT2D eigenvalue weighted by molar-refractivity contribution is 0.617. The van der Waals surface area contributed by atoms with Gasteiger partial charge in [0.25, 0.3) is 5.56 Å². The van der Waals surface area contributed by atoms with Gasteiger partial charge in [-0.05, 0) is 41.8 Å². The van der Waals surface area contributed by atoms with Crippen molar-refractivity contribution in [1.29, 1.82) is 5.26 Å². The Bertz CT molecular complexity index is 1670. The summed E-state index contributed by atoms with van der Waals surface area (Å²) in [5.41, 5.74) is 2.10. The number of aryl methyl sites for hydroxylation is 1. The Morgan fingerprint density at radius 3 is 2.78 bits per heavy atom. The van der Waals surface area contributed by atoms with Crippen molar-refractivity contribution in [2.75, 3.05) is 0 Å². The molecule has 0 aliphatic carbocycles. The van der Waals surface area contributed by atoms with Crippen molar-refractivity contribution < 1.29 is 4.39 Å². The average Bonchev–Trinajstić information content (AvgIpc) is 3.41. The number of hydrogen-bond acceptors (Lipinski definition) is 6. The van der Waals surface area contributed by atoms with E-state index in [1.54, 1.807) is 43.5 Å². The molecule has 3 aromatic heterocycles. The molecule has 32 heavy (non-hydrogen) atoms. The van der Waals surface area contributed by atoms with E-state index in [1.165, 1.54) is 10.6 Å². The smallest absolute Gasteiger partial charge is 0.333 e. The number of nitriles is 1. The summed E-state index contributed by atoms with van der Waals surface area (Å²) in [4.78, 5) is 29.6. The predicted molar refractivity (Wildman–Crippen MR) is 118 cm³/mol. The van der Waals surface area contributed by atoms with Crippen LogP contribution in [0.3, 0.4) is 0 Å². The second kappa shape index (κ2) is 7.55. The third-order valence-corrected chi connectivity index (χ3v) is 5.97. The van der Waals surface area contributed by atoms with Crippen LogP contribution in [0.1, 0.15) is 22.3 Å². The number of benzene rings is 2. The first-order chi connectivity index (χ1) is 15.5. The highest BCUT2D eigenvalue weighted by Crippen LogP contribution is 2.19. The number of fused-ring (bicyclic) bond motifs is 2. The second-order valence-electron chi connectivity index (χ2n) is 7.43. The highest BCUT2D eigenvalue weighted by molar-refractivity contribution is 7.00. The molecule has 8 nitrogen and oxygen atoms in total. The fourth-order valence-electron chi connectivity index (χ4n) is 3.86. The fraction of sp³-hybridized carbons (Fsp3) is 0.136. The van der Waals surface area contributed by atoms with E-state index >= 15 is 0 Å². The summed E-state index contributed by atoms with van der Waals surface area (Å²) >= 11 is 0.896. The summed E-state index contributed by atoms with van der Waals surface area (Å²) < 4.78 is 24.9. The van der Waals surface area contributed by atoms with Crippen LogP contribution >= 0.6 is 11.7 Å². The van der Waals surface area contributed by atoms with Crippen LogP contribution in [0.15, 0.2) is 52.2 Å². The minimum absolute atomic E-state index is 0.0999. The first-order valence-corrected chi connectivity index (χ1v) is 10.4. The molecule has 0 saturated heterocycles. The highest BCUT2D eigenvalue weighted by atomic mass is 32.1. The second-order valence-corrected chi connectivity index (χ2v) is 7.96. The number of hydrogen-bond donors (Lipinski definition) is 1. The Balaban J connectivity index is 1.71. The summed E-state index contributed by atoms with van der Waals surface area (Å²) in [6.45, 7) is 1.75. The summed E-state index contributed by atoms with van der Waals surface area (Å²) in [5, 5.41) is 9.80. The molecule has 0 aliphatic heterocycles. The Morgan fingerprint density at radius 2 is 1.97 bits per heavy atom. The van der Waals surface area contributed by atoms with E-state index in [1.807, 2.05) is 0 Å². The van der Waals surface area contributed by atoms with E-state index in [4.69, 9.17) is 0 Å². The van der Waals surface area contributed by atoms with Gasteiger partial charge in [-0.2, -0.15) is 14.0 Å². The number of nitrogens with one attached hydrogen (secondary N) is 1. The summed E-state index contributed by atoms with van der Waals surface area (Å²) in [6.07, 6.45) is 1.66. The third kappa shape index (κ3) is 3.11. The highest BCUT2D eigenvalue weighted by Gasteiger charge is 2.18. The lowest BCUT2D eigenvalue weighted by atomic mass is 10.1. The number of H-pyrrole nitrogens is 1.